The molecule has 0 saturated carbocycles. The average molecular weight is 261 g/mol. The normalized spacial score (nSPS) is 12.1. The smallest absolute Gasteiger partial charge is 0.161 e. The molecule has 2 rings (SSSR count). The summed E-state index contributed by atoms with van der Waals surface area (Å²) < 4.78 is 16.2. The van der Waals surface area contributed by atoms with Gasteiger partial charge >= 0.3 is 0 Å². The van der Waals surface area contributed by atoms with Gasteiger partial charge in [-0.25, -0.2) is 0 Å². The van der Waals surface area contributed by atoms with Crippen LogP contribution in [0, 0.1) is 0 Å². The number of furan rings is 1. The van der Waals surface area contributed by atoms with E-state index >= 15 is 0 Å². The molecule has 0 aliphatic carbocycles. The summed E-state index contributed by atoms with van der Waals surface area (Å²) in [6.45, 7) is 3.37. The first-order valence-corrected chi connectivity index (χ1v) is 6.34. The van der Waals surface area contributed by atoms with Crippen molar-refractivity contribution in [2.75, 3.05) is 20.3 Å². The Morgan fingerprint density at radius 2 is 1.95 bits per heavy atom. The zero-order valence-electron chi connectivity index (χ0n) is 11.3. The van der Waals surface area contributed by atoms with Crippen molar-refractivity contribution < 1.29 is 13.9 Å². The van der Waals surface area contributed by atoms with E-state index in [1.165, 1.54) is 0 Å². The highest BCUT2D eigenvalue weighted by Crippen LogP contribution is 2.25. The molecule has 0 aliphatic rings. The molecule has 1 aromatic carbocycles. The molecule has 1 atom stereocenters. The fraction of sp³-hybridized carbons (Fsp3) is 0.333. The monoisotopic (exact) mass is 261 g/mol. The minimum Gasteiger partial charge on any atom is -0.493 e. The molecule has 0 saturated heterocycles. The first kappa shape index (κ1) is 13.5. The van der Waals surface area contributed by atoms with E-state index in [-0.39, 0.29) is 6.04 Å². The van der Waals surface area contributed by atoms with Crippen LogP contribution in [0.15, 0.2) is 47.1 Å². The van der Waals surface area contributed by atoms with Crippen molar-refractivity contribution in [1.29, 1.82) is 0 Å². The van der Waals surface area contributed by atoms with Gasteiger partial charge in [0.1, 0.15) is 12.4 Å². The maximum absolute atomic E-state index is 5.68. The van der Waals surface area contributed by atoms with Crippen LogP contribution in [0.5, 0.6) is 11.5 Å². The van der Waals surface area contributed by atoms with Gasteiger partial charge in [-0.05, 0) is 31.2 Å². The number of methoxy groups -OCH3 is 1. The summed E-state index contributed by atoms with van der Waals surface area (Å²) in [5.74, 6) is 2.44. The average Bonchev–Trinajstić information content (AvgIpc) is 2.98. The molecule has 1 N–H and O–H groups in total. The summed E-state index contributed by atoms with van der Waals surface area (Å²) in [4.78, 5) is 0. The summed E-state index contributed by atoms with van der Waals surface area (Å²) in [5, 5.41) is 3.33. The van der Waals surface area contributed by atoms with Crippen LogP contribution in [0.3, 0.4) is 0 Å². The molecule has 1 heterocycles. The van der Waals surface area contributed by atoms with Crippen LogP contribution >= 0.6 is 0 Å². The maximum atomic E-state index is 5.68. The van der Waals surface area contributed by atoms with Crippen molar-refractivity contribution in [1.82, 2.24) is 5.32 Å². The van der Waals surface area contributed by atoms with Gasteiger partial charge in [-0.2, -0.15) is 0 Å². The predicted molar refractivity (Wildman–Crippen MR) is 73.6 cm³/mol. The van der Waals surface area contributed by atoms with Gasteiger partial charge in [-0.3, -0.25) is 0 Å². The highest BCUT2D eigenvalue weighted by Gasteiger charge is 2.07. The molecule has 0 aliphatic heterocycles. The summed E-state index contributed by atoms with van der Waals surface area (Å²) in [7, 11) is 1.64. The molecular weight excluding hydrogens is 242 g/mol. The van der Waals surface area contributed by atoms with E-state index in [1.54, 1.807) is 13.4 Å². The minimum absolute atomic E-state index is 0.177. The second-order valence-electron chi connectivity index (χ2n) is 4.19. The van der Waals surface area contributed by atoms with Crippen LogP contribution in [0.1, 0.15) is 18.7 Å². The Kier molecular flexibility index (Phi) is 4.86. The lowest BCUT2D eigenvalue weighted by Crippen LogP contribution is -2.24. The summed E-state index contributed by atoms with van der Waals surface area (Å²) in [6.07, 6.45) is 1.68. The van der Waals surface area contributed by atoms with Gasteiger partial charge in [0.2, 0.25) is 0 Å². The third kappa shape index (κ3) is 3.76. The molecular formula is C15H19NO3. The fourth-order valence-corrected chi connectivity index (χ4v) is 1.81. The quantitative estimate of drug-likeness (QED) is 0.778. The molecule has 0 amide bonds. The third-order valence-electron chi connectivity index (χ3n) is 2.85. The predicted octanol–water partition coefficient (Wildman–Crippen LogP) is 3.02. The zero-order valence-corrected chi connectivity index (χ0v) is 11.3. The third-order valence-corrected chi connectivity index (χ3v) is 2.85. The Bertz CT molecular complexity index is 482. The van der Waals surface area contributed by atoms with Gasteiger partial charge in [-0.15, -0.1) is 0 Å². The molecule has 102 valence electrons. The molecule has 4 nitrogen and oxygen atoms in total. The standard InChI is InChI=1S/C15H19NO3/c1-12(13-8-5-10-18-13)16-9-11-19-15-7-4-3-6-14(15)17-2/h3-8,10,12,16H,9,11H2,1-2H3/t12-/m1/s1. The van der Waals surface area contributed by atoms with Gasteiger partial charge in [0, 0.05) is 6.54 Å². The van der Waals surface area contributed by atoms with Crippen molar-refractivity contribution in [2.24, 2.45) is 0 Å². The van der Waals surface area contributed by atoms with E-state index in [4.69, 9.17) is 13.9 Å². The largest absolute Gasteiger partial charge is 0.493 e. The lowest BCUT2D eigenvalue weighted by atomic mass is 10.2. The molecule has 2 aromatic rings. The van der Waals surface area contributed by atoms with E-state index in [0.29, 0.717) is 6.61 Å². The molecule has 0 spiro atoms. The molecule has 1 aromatic heterocycles. The summed E-state index contributed by atoms with van der Waals surface area (Å²) in [6, 6.07) is 11.6. The number of benzene rings is 1. The lowest BCUT2D eigenvalue weighted by Gasteiger charge is -2.13. The number of para-hydroxylation sites is 2. The Hall–Kier alpha value is -1.94. The topological polar surface area (TPSA) is 43.6 Å². The SMILES string of the molecule is COc1ccccc1OCCN[C@H](C)c1ccco1. The minimum atomic E-state index is 0.177. The van der Waals surface area contributed by atoms with Crippen LogP contribution < -0.4 is 14.8 Å². The lowest BCUT2D eigenvalue weighted by molar-refractivity contribution is 0.284. The zero-order chi connectivity index (χ0) is 13.5. The second-order valence-corrected chi connectivity index (χ2v) is 4.19. The van der Waals surface area contributed by atoms with E-state index in [0.717, 1.165) is 23.8 Å². The van der Waals surface area contributed by atoms with Gasteiger partial charge in [0.05, 0.1) is 19.4 Å². The van der Waals surface area contributed by atoms with Crippen molar-refractivity contribution in [3.63, 3.8) is 0 Å². The van der Waals surface area contributed by atoms with Crippen molar-refractivity contribution in [3.05, 3.63) is 48.4 Å². The van der Waals surface area contributed by atoms with Crippen LogP contribution in [0.4, 0.5) is 0 Å². The Balaban J connectivity index is 1.75. The van der Waals surface area contributed by atoms with E-state index in [9.17, 15) is 0 Å². The van der Waals surface area contributed by atoms with Gasteiger partial charge in [0.25, 0.3) is 0 Å². The van der Waals surface area contributed by atoms with E-state index in [1.807, 2.05) is 36.4 Å². The Morgan fingerprint density at radius 1 is 1.16 bits per heavy atom. The number of ether oxygens (including phenoxy) is 2. The number of hydrogen-bond acceptors (Lipinski definition) is 4. The van der Waals surface area contributed by atoms with Crippen LogP contribution in [-0.4, -0.2) is 20.3 Å². The molecule has 0 radical (unpaired) electrons. The number of rotatable bonds is 7. The summed E-state index contributed by atoms with van der Waals surface area (Å²) in [5.41, 5.74) is 0. The molecule has 19 heavy (non-hydrogen) atoms. The number of hydrogen-bond donors (Lipinski definition) is 1. The van der Waals surface area contributed by atoms with E-state index < -0.39 is 0 Å². The first-order valence-electron chi connectivity index (χ1n) is 6.34. The number of nitrogens with one attached hydrogen (secondary N) is 1. The summed E-state index contributed by atoms with van der Waals surface area (Å²) >= 11 is 0. The molecule has 0 fully saturated rings. The molecule has 0 bridgehead atoms. The van der Waals surface area contributed by atoms with Gasteiger partial charge in [-0.1, -0.05) is 12.1 Å². The van der Waals surface area contributed by atoms with Crippen LogP contribution in [0.2, 0.25) is 0 Å². The van der Waals surface area contributed by atoms with Gasteiger partial charge < -0.3 is 19.2 Å². The van der Waals surface area contributed by atoms with Crippen molar-refractivity contribution in [2.45, 2.75) is 13.0 Å². The fourth-order valence-electron chi connectivity index (χ4n) is 1.81. The highest BCUT2D eigenvalue weighted by atomic mass is 16.5. The second kappa shape index (κ2) is 6.85. The first-order chi connectivity index (χ1) is 9.31. The van der Waals surface area contributed by atoms with Crippen LogP contribution in [-0.2, 0) is 0 Å². The Morgan fingerprint density at radius 3 is 2.63 bits per heavy atom. The maximum Gasteiger partial charge on any atom is 0.161 e. The van der Waals surface area contributed by atoms with Crippen LogP contribution in [0.25, 0.3) is 0 Å². The van der Waals surface area contributed by atoms with Crippen molar-refractivity contribution >= 4 is 0 Å². The van der Waals surface area contributed by atoms with E-state index in [2.05, 4.69) is 12.2 Å². The highest BCUT2D eigenvalue weighted by molar-refractivity contribution is 5.39. The molecule has 0 unspecified atom stereocenters. The van der Waals surface area contributed by atoms with Crippen molar-refractivity contribution in [3.8, 4) is 11.5 Å². The van der Waals surface area contributed by atoms with Gasteiger partial charge in [0.15, 0.2) is 11.5 Å². The molecule has 4 heteroatoms. The Labute approximate surface area is 113 Å².